The Labute approximate surface area is 81.0 Å². The van der Waals surface area contributed by atoms with Gasteiger partial charge in [0.05, 0.1) is 11.4 Å². The van der Waals surface area contributed by atoms with Crippen LogP contribution >= 0.6 is 0 Å². The number of carbonyl (C=O) groups is 2. The molecule has 0 radical (unpaired) electrons. The van der Waals surface area contributed by atoms with Crippen LogP contribution < -0.4 is 29.6 Å². The molecule has 0 heterocycles. The van der Waals surface area contributed by atoms with Gasteiger partial charge in [0.1, 0.15) is 0 Å². The van der Waals surface area contributed by atoms with Crippen molar-refractivity contribution in [1.82, 2.24) is 0 Å². The molecule has 1 atom stereocenters. The summed E-state index contributed by atoms with van der Waals surface area (Å²) in [4.78, 5) is 17.9. The number of aliphatic carboxylic acids is 1. The Balaban J connectivity index is -0.0000000910. The molecule has 0 rings (SSSR count). The van der Waals surface area contributed by atoms with Crippen LogP contribution in [0.5, 0.6) is 0 Å². The van der Waals surface area contributed by atoms with E-state index in [4.69, 9.17) is 28.0 Å². The van der Waals surface area contributed by atoms with Gasteiger partial charge in [-0.05, 0) is 0 Å². The van der Waals surface area contributed by atoms with Gasteiger partial charge < -0.3 is 14.2 Å². The number of rotatable bonds is 1. The Morgan fingerprint density at radius 1 is 1.60 bits per heavy atom. The molecule has 0 saturated heterocycles. The quantitative estimate of drug-likeness (QED) is 0.181. The summed E-state index contributed by atoms with van der Waals surface area (Å²) in [7, 11) is 0. The number of carboxylic acid groups (broad SMARTS) is 1. The second-order valence-corrected chi connectivity index (χ2v) is 1.11. The Hall–Kier alpha value is 0.210. The van der Waals surface area contributed by atoms with E-state index in [1.807, 2.05) is 0 Å². The third-order valence-electron chi connectivity index (χ3n) is 0.101. The Kier molecular flexibility index (Phi) is 19.9. The first-order valence-corrected chi connectivity index (χ1v) is 2.50. The summed E-state index contributed by atoms with van der Waals surface area (Å²) >= 11 is -2.86. The fraction of sp³-hybridized carbons (Fsp3) is 0. The van der Waals surface area contributed by atoms with Crippen molar-refractivity contribution in [1.29, 1.82) is 0 Å². The van der Waals surface area contributed by atoms with Crippen molar-refractivity contribution in [3.63, 3.8) is 0 Å². The zero-order valence-electron chi connectivity index (χ0n) is 5.01. The van der Waals surface area contributed by atoms with E-state index < -0.39 is 17.3 Å². The molecule has 0 saturated carbocycles. The third kappa shape index (κ3) is 87.4. The van der Waals surface area contributed by atoms with Gasteiger partial charge in [-0.3, -0.25) is 4.79 Å². The van der Waals surface area contributed by atoms with Crippen LogP contribution in [0.15, 0.2) is 0 Å². The molecule has 0 amide bonds. The fourth-order valence-electron chi connectivity index (χ4n) is 0. The van der Waals surface area contributed by atoms with Crippen molar-refractivity contribution in [2.45, 2.75) is 0 Å². The molecule has 6 nitrogen and oxygen atoms in total. The minimum absolute atomic E-state index is 0. The molecule has 1 unspecified atom stereocenters. The summed E-state index contributed by atoms with van der Waals surface area (Å²) in [6, 6.07) is 0. The van der Waals surface area contributed by atoms with Crippen LogP contribution in [0.4, 0.5) is 0 Å². The van der Waals surface area contributed by atoms with E-state index in [0.29, 0.717) is 0 Å². The first-order valence-electron chi connectivity index (χ1n) is 1.47. The van der Waals surface area contributed by atoms with E-state index in [9.17, 15) is 0 Å². The van der Waals surface area contributed by atoms with Crippen molar-refractivity contribution in [2.75, 3.05) is 0 Å². The van der Waals surface area contributed by atoms with Gasteiger partial charge >= 0.3 is 35.5 Å². The second-order valence-electron chi connectivity index (χ2n) is 0.673. The summed E-state index contributed by atoms with van der Waals surface area (Å²) in [5, 5.41) is 7.35. The smallest absolute Gasteiger partial charge is 0.750 e. The maximum Gasteiger partial charge on any atom is 1.00 e. The molecular formula is C2H3NaO6S. The van der Waals surface area contributed by atoms with Crippen LogP contribution in [0.1, 0.15) is 0 Å². The number of carboxylic acids is 1. The largest absolute Gasteiger partial charge is 1.00 e. The van der Waals surface area contributed by atoms with Gasteiger partial charge in [-0.1, -0.05) is 0 Å². The van der Waals surface area contributed by atoms with E-state index in [1.165, 1.54) is 0 Å². The van der Waals surface area contributed by atoms with Crippen molar-refractivity contribution in [3.05, 3.63) is 0 Å². The van der Waals surface area contributed by atoms with Crippen molar-refractivity contribution in [2.24, 2.45) is 0 Å². The maximum atomic E-state index is 9.00. The zero-order chi connectivity index (χ0) is 7.86. The molecule has 0 bridgehead atoms. The van der Waals surface area contributed by atoms with Gasteiger partial charge in [0, 0.05) is 0 Å². The molecule has 0 aromatic rings. The molecule has 0 aliphatic carbocycles. The summed E-state index contributed by atoms with van der Waals surface area (Å²) in [6.07, 6.45) is -0.167. The number of aldehydes is 1. The molecule has 10 heavy (non-hydrogen) atoms. The van der Waals surface area contributed by atoms with Crippen LogP contribution in [0.3, 0.4) is 0 Å². The van der Waals surface area contributed by atoms with Gasteiger partial charge in [-0.2, -0.15) is 0 Å². The Morgan fingerprint density at radius 3 is 1.70 bits per heavy atom. The normalized spacial score (nSPS) is 9.40. The first kappa shape index (κ1) is 16.7. The summed E-state index contributed by atoms with van der Waals surface area (Å²) < 4.78 is 24.1. The van der Waals surface area contributed by atoms with Gasteiger partial charge in [0.2, 0.25) is 6.29 Å². The second kappa shape index (κ2) is 11.9. The fourth-order valence-corrected chi connectivity index (χ4v) is 0. The van der Waals surface area contributed by atoms with E-state index in [2.05, 4.69) is 0 Å². The van der Waals surface area contributed by atoms with E-state index in [0.717, 1.165) is 0 Å². The Morgan fingerprint density at radius 2 is 1.70 bits per heavy atom. The average Bonchev–Trinajstić information content (AvgIpc) is 1.65. The molecule has 0 spiro atoms. The SMILES string of the molecule is O=CC(=O)O.O=S([O-])O.[Na+]. The predicted octanol–water partition coefficient (Wildman–Crippen LogP) is -4.39. The van der Waals surface area contributed by atoms with Gasteiger partial charge in [-0.25, -0.2) is 9.00 Å². The minimum atomic E-state index is -2.86. The van der Waals surface area contributed by atoms with E-state index in [-0.39, 0.29) is 35.8 Å². The predicted molar refractivity (Wildman–Crippen MR) is 25.2 cm³/mol. The molecule has 0 aliphatic heterocycles. The average molecular weight is 178 g/mol. The summed E-state index contributed by atoms with van der Waals surface area (Å²) in [5.41, 5.74) is 0. The molecule has 0 fully saturated rings. The summed E-state index contributed by atoms with van der Waals surface area (Å²) in [6.45, 7) is 0. The van der Waals surface area contributed by atoms with E-state index in [1.54, 1.807) is 0 Å². The van der Waals surface area contributed by atoms with Crippen molar-refractivity contribution >= 4 is 23.6 Å². The van der Waals surface area contributed by atoms with Gasteiger partial charge in [0.25, 0.3) is 0 Å². The number of hydrogen-bond donors (Lipinski definition) is 2. The number of carbonyl (C=O) groups excluding carboxylic acids is 1. The van der Waals surface area contributed by atoms with Gasteiger partial charge in [-0.15, -0.1) is 0 Å². The molecule has 54 valence electrons. The minimum Gasteiger partial charge on any atom is -0.750 e. The topological polar surface area (TPSA) is 115 Å². The number of hydrogen-bond acceptors (Lipinski definition) is 4. The monoisotopic (exact) mass is 178 g/mol. The van der Waals surface area contributed by atoms with Crippen LogP contribution in [0.2, 0.25) is 0 Å². The molecule has 0 aromatic heterocycles. The third-order valence-corrected chi connectivity index (χ3v) is 0.101. The van der Waals surface area contributed by atoms with Crippen LogP contribution in [0.25, 0.3) is 0 Å². The van der Waals surface area contributed by atoms with Crippen molar-refractivity contribution in [3.8, 4) is 0 Å². The molecular weight excluding hydrogens is 175 g/mol. The summed E-state index contributed by atoms with van der Waals surface area (Å²) in [5.74, 6) is -1.43. The first-order chi connectivity index (χ1) is 4.00. The van der Waals surface area contributed by atoms with Crippen LogP contribution in [-0.2, 0) is 21.0 Å². The maximum absolute atomic E-state index is 9.00. The Bertz CT molecular complexity index is 119. The van der Waals surface area contributed by atoms with Crippen LogP contribution in [0, 0.1) is 0 Å². The molecule has 0 aliphatic rings. The van der Waals surface area contributed by atoms with Gasteiger partial charge in [0.15, 0.2) is 0 Å². The van der Waals surface area contributed by atoms with Crippen molar-refractivity contribution < 1.29 is 57.6 Å². The van der Waals surface area contributed by atoms with E-state index >= 15 is 0 Å². The standard InChI is InChI=1S/C2H2O3.Na.H2O3S/c3-1-2(4)5;;1-4(2)3/h1H,(H,4,5);;(H2,1,2,3)/q;+1;/p-1. The zero-order valence-corrected chi connectivity index (χ0v) is 7.83. The molecule has 8 heteroatoms. The molecule has 2 N–H and O–H groups in total. The molecule has 0 aromatic carbocycles. The van der Waals surface area contributed by atoms with Crippen LogP contribution in [-0.4, -0.2) is 30.7 Å².